The Morgan fingerprint density at radius 1 is 0.676 bits per heavy atom. The summed E-state index contributed by atoms with van der Waals surface area (Å²) in [7, 11) is 0. The molecular formula is C23H40N6O8. The first-order valence-electron chi connectivity index (χ1n) is 12.1. The number of amides is 5. The van der Waals surface area contributed by atoms with Gasteiger partial charge in [-0.25, -0.2) is 15.2 Å². The van der Waals surface area contributed by atoms with Crippen LogP contribution in [0.1, 0.15) is 51.9 Å². The third-order valence-electron chi connectivity index (χ3n) is 4.87. The number of carbonyl (C=O) groups excluding carboxylic acids is 5. The van der Waals surface area contributed by atoms with Crippen molar-refractivity contribution in [2.24, 2.45) is 5.73 Å². The van der Waals surface area contributed by atoms with Crippen LogP contribution in [0.5, 0.6) is 0 Å². The Morgan fingerprint density at radius 3 is 1.65 bits per heavy atom. The molecule has 0 rings (SSSR count). The van der Waals surface area contributed by atoms with Crippen LogP contribution in [0, 0.1) is 0 Å². The average molecular weight is 529 g/mol. The molecule has 0 atom stereocenters. The molecule has 0 radical (unpaired) electrons. The van der Waals surface area contributed by atoms with E-state index < -0.39 is 23.6 Å². The van der Waals surface area contributed by atoms with E-state index in [4.69, 9.17) is 5.73 Å². The van der Waals surface area contributed by atoms with Gasteiger partial charge in [0.2, 0.25) is 29.5 Å². The van der Waals surface area contributed by atoms with Crippen molar-refractivity contribution in [2.75, 3.05) is 39.3 Å². The maximum absolute atomic E-state index is 11.9. The Balaban J connectivity index is 3.97. The first-order valence-corrected chi connectivity index (χ1v) is 12.1. The summed E-state index contributed by atoms with van der Waals surface area (Å²) >= 11 is 0. The zero-order valence-corrected chi connectivity index (χ0v) is 21.3. The Morgan fingerprint density at radius 2 is 1.16 bits per heavy atom. The molecular weight excluding hydrogens is 488 g/mol. The van der Waals surface area contributed by atoms with Crippen molar-refractivity contribution < 1.29 is 39.6 Å². The van der Waals surface area contributed by atoms with Gasteiger partial charge in [0.05, 0.1) is 13.1 Å². The van der Waals surface area contributed by atoms with Crippen molar-refractivity contribution in [2.45, 2.75) is 51.9 Å². The molecule has 0 unspecified atom stereocenters. The van der Waals surface area contributed by atoms with Crippen molar-refractivity contribution >= 4 is 29.5 Å². The first kappa shape index (κ1) is 33.7. The highest BCUT2D eigenvalue weighted by Gasteiger charge is 2.13. The van der Waals surface area contributed by atoms with Crippen molar-refractivity contribution in [3.05, 3.63) is 24.3 Å². The summed E-state index contributed by atoms with van der Waals surface area (Å²) in [5.74, 6) is -2.51. The summed E-state index contributed by atoms with van der Waals surface area (Å²) in [4.78, 5) is 58.0. The lowest BCUT2D eigenvalue weighted by Crippen LogP contribution is -2.31. The molecule has 0 bridgehead atoms. The third kappa shape index (κ3) is 18.6. The third-order valence-corrected chi connectivity index (χ3v) is 4.87. The number of hydrogen-bond acceptors (Lipinski definition) is 9. The topological polar surface area (TPSA) is 206 Å². The van der Waals surface area contributed by atoms with Crippen LogP contribution >= 0.6 is 0 Å². The highest BCUT2D eigenvalue weighted by Crippen LogP contribution is 2.00. The molecule has 0 aliphatic carbocycles. The minimum absolute atomic E-state index is 0.0151. The van der Waals surface area contributed by atoms with E-state index >= 15 is 0 Å². The van der Waals surface area contributed by atoms with Crippen molar-refractivity contribution in [1.29, 1.82) is 0 Å². The molecule has 5 amide bonds. The second kappa shape index (κ2) is 20.8. The van der Waals surface area contributed by atoms with Crippen LogP contribution in [0.2, 0.25) is 0 Å². The minimum Gasteiger partial charge on any atom is -0.353 e. The number of nitrogens with one attached hydrogen (secondary N) is 2. The van der Waals surface area contributed by atoms with E-state index in [9.17, 15) is 39.6 Å². The number of hydroxylamine groups is 6. The van der Waals surface area contributed by atoms with Crippen molar-refractivity contribution in [1.82, 2.24) is 25.8 Å². The smallest absolute Gasteiger partial charge is 0.246 e. The number of hydrogen-bond donors (Lipinski definition) is 6. The molecule has 37 heavy (non-hydrogen) atoms. The van der Waals surface area contributed by atoms with Gasteiger partial charge in [0.25, 0.3) is 0 Å². The van der Waals surface area contributed by atoms with E-state index in [1.807, 2.05) is 0 Å². The number of nitrogens with two attached hydrogens (primary N) is 1. The number of carbonyl (C=O) groups is 5. The fraction of sp³-hybridized carbons (Fsp3) is 0.609. The summed E-state index contributed by atoms with van der Waals surface area (Å²) in [5.41, 5.74) is 5.38. The summed E-state index contributed by atoms with van der Waals surface area (Å²) < 4.78 is 0. The van der Waals surface area contributed by atoms with Crippen LogP contribution < -0.4 is 16.4 Å². The summed E-state index contributed by atoms with van der Waals surface area (Å²) in [6.07, 6.45) is 7.67. The number of unbranched alkanes of at least 4 members (excludes halogenated alkanes) is 2. The lowest BCUT2D eigenvalue weighted by molar-refractivity contribution is -0.166. The Bertz CT molecular complexity index is 789. The second-order valence-corrected chi connectivity index (χ2v) is 7.99. The van der Waals surface area contributed by atoms with Gasteiger partial charge in [-0.2, -0.15) is 0 Å². The molecule has 0 aromatic rings. The van der Waals surface area contributed by atoms with Gasteiger partial charge in [-0.15, -0.1) is 0 Å². The molecule has 14 heteroatoms. The fourth-order valence-corrected chi connectivity index (χ4v) is 2.67. The Kier molecular flexibility index (Phi) is 18.9. The molecule has 0 aliphatic heterocycles. The molecule has 0 aliphatic rings. The van der Waals surface area contributed by atoms with Crippen LogP contribution in [0.15, 0.2) is 24.3 Å². The molecule has 0 spiro atoms. The van der Waals surface area contributed by atoms with Crippen LogP contribution in [0.4, 0.5) is 0 Å². The fourth-order valence-electron chi connectivity index (χ4n) is 2.67. The molecule has 0 aromatic carbocycles. The lowest BCUT2D eigenvalue weighted by Gasteiger charge is -2.14. The normalized spacial score (nSPS) is 10.9. The maximum atomic E-state index is 11.9. The van der Waals surface area contributed by atoms with E-state index in [0.29, 0.717) is 28.2 Å². The number of rotatable bonds is 19. The van der Waals surface area contributed by atoms with Gasteiger partial charge >= 0.3 is 0 Å². The van der Waals surface area contributed by atoms with E-state index in [-0.39, 0.29) is 64.3 Å². The highest BCUT2D eigenvalue weighted by atomic mass is 16.5. The van der Waals surface area contributed by atoms with Crippen LogP contribution in [0.25, 0.3) is 0 Å². The van der Waals surface area contributed by atoms with Crippen molar-refractivity contribution in [3.8, 4) is 0 Å². The van der Waals surface area contributed by atoms with Gasteiger partial charge < -0.3 is 16.4 Å². The van der Waals surface area contributed by atoms with Crippen LogP contribution in [-0.4, -0.2) is 99.6 Å². The molecule has 0 aromatic heterocycles. The van der Waals surface area contributed by atoms with Crippen LogP contribution in [0.3, 0.4) is 0 Å². The quantitative estimate of drug-likeness (QED) is 0.0562. The molecule has 210 valence electrons. The molecule has 0 saturated carbocycles. The monoisotopic (exact) mass is 528 g/mol. The maximum Gasteiger partial charge on any atom is 0.246 e. The number of nitrogens with zero attached hydrogens (tertiary/aromatic N) is 3. The first-order chi connectivity index (χ1) is 17.6. The van der Waals surface area contributed by atoms with Gasteiger partial charge in [0.15, 0.2) is 0 Å². The Hall–Kier alpha value is -3.33. The second-order valence-electron chi connectivity index (χ2n) is 7.99. The van der Waals surface area contributed by atoms with Crippen LogP contribution in [-0.2, 0) is 24.0 Å². The van der Waals surface area contributed by atoms with E-state index in [1.165, 1.54) is 25.2 Å². The summed E-state index contributed by atoms with van der Waals surface area (Å²) in [6.45, 7) is 2.06. The molecule has 0 fully saturated rings. The van der Waals surface area contributed by atoms with Crippen molar-refractivity contribution in [3.63, 3.8) is 0 Å². The van der Waals surface area contributed by atoms with E-state index in [1.54, 1.807) is 6.08 Å². The largest absolute Gasteiger partial charge is 0.353 e. The van der Waals surface area contributed by atoms with E-state index in [0.717, 1.165) is 12.8 Å². The van der Waals surface area contributed by atoms with Gasteiger partial charge in [-0.05, 0) is 19.4 Å². The van der Waals surface area contributed by atoms with Gasteiger partial charge in [0, 0.05) is 52.2 Å². The van der Waals surface area contributed by atoms with Gasteiger partial charge in [-0.1, -0.05) is 30.7 Å². The molecule has 7 N–H and O–H groups in total. The zero-order chi connectivity index (χ0) is 28.1. The molecule has 0 saturated heterocycles. The molecule has 0 heterocycles. The lowest BCUT2D eigenvalue weighted by atomic mass is 10.2. The minimum atomic E-state index is -0.660. The standard InChI is InChI=1S/C23H40N6O8/c1-19(30)27(35)16-7-4-14-25-20(31)10-12-23(34)29(37)18-8-5-15-26-21(32)9-11-22(33)28(36)17-6-2-3-13-24/h4-5,7-8,35-37H,2-3,6,9-18,24H2,1H3,(H,25,31)(H,26,32)/b7-4+,8-5+. The zero-order valence-electron chi connectivity index (χ0n) is 21.3. The predicted molar refractivity (Wildman–Crippen MR) is 132 cm³/mol. The summed E-state index contributed by atoms with van der Waals surface area (Å²) in [6, 6.07) is 0. The Labute approximate surface area is 216 Å². The highest BCUT2D eigenvalue weighted by molar-refractivity contribution is 5.84. The molecule has 14 nitrogen and oxygen atoms in total. The SMILES string of the molecule is CC(=O)N(O)C/C=C/CNC(=O)CCC(=O)N(O)C/C=C/CNC(=O)CCC(=O)N(O)CCCCCN. The predicted octanol–water partition coefficient (Wildman–Crippen LogP) is -0.306. The van der Waals surface area contributed by atoms with Gasteiger partial charge in [0.1, 0.15) is 0 Å². The van der Waals surface area contributed by atoms with Gasteiger partial charge in [-0.3, -0.25) is 39.6 Å². The summed E-state index contributed by atoms with van der Waals surface area (Å²) in [5, 5.41) is 35.2. The average Bonchev–Trinajstić information content (AvgIpc) is 2.87. The van der Waals surface area contributed by atoms with E-state index in [2.05, 4.69) is 10.6 Å².